The third-order valence-electron chi connectivity index (χ3n) is 9.10. The maximum absolute atomic E-state index is 13.4. The van der Waals surface area contributed by atoms with Gasteiger partial charge in [0.05, 0.1) is 11.4 Å². The Bertz CT molecular complexity index is 1180. The van der Waals surface area contributed by atoms with Gasteiger partial charge in [-0.2, -0.15) is 4.98 Å². The number of nitrogens with one attached hydrogen (secondary N) is 1. The van der Waals surface area contributed by atoms with Gasteiger partial charge in [-0.1, -0.05) is 13.3 Å². The first-order valence-electron chi connectivity index (χ1n) is 14.8. The van der Waals surface area contributed by atoms with Crippen molar-refractivity contribution in [3.63, 3.8) is 0 Å². The minimum absolute atomic E-state index is 0.204. The highest BCUT2D eigenvalue weighted by atomic mass is 32.2. The first-order chi connectivity index (χ1) is 18.3. The molecule has 38 heavy (non-hydrogen) atoms. The zero-order chi connectivity index (χ0) is 26.9. The van der Waals surface area contributed by atoms with Gasteiger partial charge in [0.1, 0.15) is 5.65 Å². The molecule has 3 aliphatic rings. The molecular weight excluding hydrogens is 500 g/mol. The number of sulfonamides is 1. The molecule has 0 bridgehead atoms. The van der Waals surface area contributed by atoms with Crippen molar-refractivity contribution in [3.8, 4) is 0 Å². The van der Waals surface area contributed by atoms with Crippen LogP contribution in [0.2, 0.25) is 0 Å². The SMILES string of the molecule is CCC[C@H](C)Nc1ncc2c(C3CCN(S(=O)(=O)C4CCN(C)CC4)CC3)cn(C3CCC(O)CC3)c2n1. The maximum atomic E-state index is 13.4. The normalized spacial score (nSPS) is 26.1. The second kappa shape index (κ2) is 11.8. The average Bonchev–Trinajstić information content (AvgIpc) is 3.28. The van der Waals surface area contributed by atoms with Crippen molar-refractivity contribution in [1.29, 1.82) is 0 Å². The largest absolute Gasteiger partial charge is 0.393 e. The zero-order valence-corrected chi connectivity index (χ0v) is 24.2. The highest BCUT2D eigenvalue weighted by Crippen LogP contribution is 2.39. The number of anilines is 1. The summed E-state index contributed by atoms with van der Waals surface area (Å²) in [5.41, 5.74) is 2.21. The molecule has 2 aliphatic heterocycles. The van der Waals surface area contributed by atoms with Crippen LogP contribution >= 0.6 is 0 Å². The Morgan fingerprint density at radius 1 is 1.05 bits per heavy atom. The van der Waals surface area contributed by atoms with Crippen LogP contribution in [0.5, 0.6) is 0 Å². The summed E-state index contributed by atoms with van der Waals surface area (Å²) in [4.78, 5) is 11.9. The van der Waals surface area contributed by atoms with Crippen LogP contribution < -0.4 is 5.32 Å². The smallest absolute Gasteiger partial charge is 0.224 e. The fourth-order valence-corrected chi connectivity index (χ4v) is 8.65. The first-order valence-corrected chi connectivity index (χ1v) is 16.3. The van der Waals surface area contributed by atoms with Gasteiger partial charge in [0.25, 0.3) is 0 Å². The predicted octanol–water partition coefficient (Wildman–Crippen LogP) is 4.11. The molecule has 9 nitrogen and oxygen atoms in total. The van der Waals surface area contributed by atoms with E-state index in [0.29, 0.717) is 37.0 Å². The van der Waals surface area contributed by atoms with E-state index in [1.54, 1.807) is 4.31 Å². The van der Waals surface area contributed by atoms with E-state index in [1.165, 1.54) is 5.56 Å². The molecule has 212 valence electrons. The number of hydrogen-bond donors (Lipinski definition) is 2. The van der Waals surface area contributed by atoms with Gasteiger partial charge in [0.2, 0.25) is 16.0 Å². The molecule has 0 aromatic carbocycles. The van der Waals surface area contributed by atoms with E-state index in [0.717, 1.165) is 88.3 Å². The van der Waals surface area contributed by atoms with Gasteiger partial charge >= 0.3 is 0 Å². The summed E-state index contributed by atoms with van der Waals surface area (Å²) in [7, 11) is -1.19. The van der Waals surface area contributed by atoms with Gasteiger partial charge in [-0.3, -0.25) is 0 Å². The number of aliphatic hydroxyl groups excluding tert-OH is 1. The van der Waals surface area contributed by atoms with Gasteiger partial charge in [0.15, 0.2) is 0 Å². The van der Waals surface area contributed by atoms with Crippen LogP contribution in [0.15, 0.2) is 12.4 Å². The number of piperidine rings is 2. The summed E-state index contributed by atoms with van der Waals surface area (Å²) in [5.74, 6) is 0.956. The molecule has 0 spiro atoms. The van der Waals surface area contributed by atoms with E-state index >= 15 is 0 Å². The molecule has 10 heteroatoms. The van der Waals surface area contributed by atoms with E-state index in [-0.39, 0.29) is 11.4 Å². The van der Waals surface area contributed by atoms with Gasteiger partial charge in [0, 0.05) is 43.0 Å². The summed E-state index contributed by atoms with van der Waals surface area (Å²) in [6.07, 6.45) is 12.8. The fraction of sp³-hybridized carbons (Fsp3) is 0.786. The van der Waals surface area contributed by atoms with Crippen molar-refractivity contribution in [2.75, 3.05) is 38.5 Å². The molecule has 1 aliphatic carbocycles. The lowest BCUT2D eigenvalue weighted by Gasteiger charge is -2.36. The third-order valence-corrected chi connectivity index (χ3v) is 11.5. The summed E-state index contributed by atoms with van der Waals surface area (Å²) in [6, 6.07) is 0.622. The summed E-state index contributed by atoms with van der Waals surface area (Å²) < 4.78 is 30.8. The van der Waals surface area contributed by atoms with E-state index in [4.69, 9.17) is 9.97 Å². The van der Waals surface area contributed by atoms with E-state index in [9.17, 15) is 13.5 Å². The summed E-state index contributed by atoms with van der Waals surface area (Å²) in [5, 5.41) is 14.4. The Morgan fingerprint density at radius 2 is 1.74 bits per heavy atom. The fourth-order valence-electron chi connectivity index (χ4n) is 6.70. The number of likely N-dealkylation sites (tertiary alicyclic amines) is 1. The minimum Gasteiger partial charge on any atom is -0.393 e. The molecule has 5 rings (SSSR count). The van der Waals surface area contributed by atoms with E-state index < -0.39 is 10.0 Å². The number of rotatable bonds is 8. The monoisotopic (exact) mass is 546 g/mol. The molecule has 0 radical (unpaired) electrons. The topological polar surface area (TPSA) is 104 Å². The Morgan fingerprint density at radius 3 is 2.39 bits per heavy atom. The van der Waals surface area contributed by atoms with Crippen molar-refractivity contribution in [2.24, 2.45) is 0 Å². The number of nitrogens with zero attached hydrogens (tertiary/aromatic N) is 5. The molecule has 2 aromatic heterocycles. The van der Waals surface area contributed by atoms with Gasteiger partial charge in [-0.05, 0) is 96.3 Å². The lowest BCUT2D eigenvalue weighted by molar-refractivity contribution is 0.111. The van der Waals surface area contributed by atoms with Crippen LogP contribution in [0.1, 0.15) is 95.6 Å². The lowest BCUT2D eigenvalue weighted by atomic mass is 9.90. The molecule has 2 N–H and O–H groups in total. The molecule has 2 aromatic rings. The molecule has 3 fully saturated rings. The van der Waals surface area contributed by atoms with Gasteiger partial charge < -0.3 is 19.9 Å². The van der Waals surface area contributed by atoms with Gasteiger partial charge in [-0.15, -0.1) is 0 Å². The molecular formula is C28H46N6O3S. The van der Waals surface area contributed by atoms with Crippen LogP contribution in [-0.4, -0.2) is 87.9 Å². The van der Waals surface area contributed by atoms with E-state index in [1.807, 2.05) is 6.20 Å². The Kier molecular flexibility index (Phi) is 8.62. The van der Waals surface area contributed by atoms with Gasteiger partial charge in [-0.25, -0.2) is 17.7 Å². The van der Waals surface area contributed by atoms with Crippen LogP contribution in [0, 0.1) is 0 Å². The average molecular weight is 547 g/mol. The second-order valence-corrected chi connectivity index (χ2v) is 14.2. The lowest BCUT2D eigenvalue weighted by Crippen LogP contribution is -2.46. The second-order valence-electron chi connectivity index (χ2n) is 11.9. The minimum atomic E-state index is -3.25. The maximum Gasteiger partial charge on any atom is 0.224 e. The third kappa shape index (κ3) is 5.88. The number of hydrogen-bond acceptors (Lipinski definition) is 7. The van der Waals surface area contributed by atoms with Crippen molar-refractivity contribution >= 4 is 27.0 Å². The standard InChI is InChI=1S/C28H46N6O3S/c1-4-5-20(2)30-28-29-18-25-26(19-34(27(25)31-28)22-6-8-23(35)9-7-22)21-10-16-33(17-11-21)38(36,37)24-12-14-32(3)15-13-24/h18-24,35H,4-17H2,1-3H3,(H,29,30,31)/t20-,22?,23?/m0/s1. The Labute approximate surface area is 228 Å². The Balaban J connectivity index is 1.36. The van der Waals surface area contributed by atoms with Crippen LogP contribution in [-0.2, 0) is 10.0 Å². The van der Waals surface area contributed by atoms with E-state index in [2.05, 4.69) is 41.9 Å². The number of aromatic nitrogens is 3. The van der Waals surface area contributed by atoms with Crippen molar-refractivity contribution in [2.45, 2.75) is 107 Å². The quantitative estimate of drug-likeness (QED) is 0.514. The molecule has 1 saturated carbocycles. The van der Waals surface area contributed by atoms with Crippen LogP contribution in [0.25, 0.3) is 11.0 Å². The highest BCUT2D eigenvalue weighted by Gasteiger charge is 2.37. The van der Waals surface area contributed by atoms with Crippen molar-refractivity contribution in [3.05, 3.63) is 18.0 Å². The molecule has 1 atom stereocenters. The van der Waals surface area contributed by atoms with Crippen LogP contribution in [0.3, 0.4) is 0 Å². The predicted molar refractivity (Wildman–Crippen MR) is 152 cm³/mol. The van der Waals surface area contributed by atoms with Crippen molar-refractivity contribution in [1.82, 2.24) is 23.7 Å². The summed E-state index contributed by atoms with van der Waals surface area (Å²) >= 11 is 0. The Hall–Kier alpha value is -1.75. The number of aliphatic hydroxyl groups is 1. The number of fused-ring (bicyclic) bond motifs is 1. The molecule has 0 amide bonds. The molecule has 4 heterocycles. The highest BCUT2D eigenvalue weighted by molar-refractivity contribution is 7.89. The first kappa shape index (κ1) is 27.8. The van der Waals surface area contributed by atoms with Crippen molar-refractivity contribution < 1.29 is 13.5 Å². The zero-order valence-electron chi connectivity index (χ0n) is 23.3. The summed E-state index contributed by atoms with van der Waals surface area (Å²) in [6.45, 7) is 7.21. The van der Waals surface area contributed by atoms with Crippen LogP contribution in [0.4, 0.5) is 5.95 Å². The molecule has 0 unspecified atom stereocenters. The molecule has 2 saturated heterocycles.